The lowest BCUT2D eigenvalue weighted by molar-refractivity contribution is -0.123. The van der Waals surface area contributed by atoms with Crippen molar-refractivity contribution >= 4 is 11.9 Å². The summed E-state index contributed by atoms with van der Waals surface area (Å²) in [6, 6.07) is 0. The van der Waals surface area contributed by atoms with Crippen molar-refractivity contribution in [2.45, 2.75) is 51.5 Å². The number of nitrogens with one attached hydrogen (secondary N) is 1. The molecular weight excluding hydrogens is 306 g/mol. The van der Waals surface area contributed by atoms with Crippen LogP contribution in [0.5, 0.6) is 0 Å². The Labute approximate surface area is 141 Å². The molecule has 4 bridgehead atoms. The van der Waals surface area contributed by atoms with Crippen LogP contribution in [0.4, 0.5) is 0 Å². The minimum absolute atomic E-state index is 0.0399. The number of carbonyl (C=O) groups excluding carboxylic acids is 1. The monoisotopic (exact) mass is 331 g/mol. The van der Waals surface area contributed by atoms with Gasteiger partial charge in [0.15, 0.2) is 0 Å². The molecule has 1 aromatic rings. The van der Waals surface area contributed by atoms with Crippen LogP contribution >= 0.6 is 0 Å². The zero-order chi connectivity index (χ0) is 16.7. The number of hydrogen-bond donors (Lipinski definition) is 2. The largest absolute Gasteiger partial charge is 0.478 e. The molecular formula is C18H25N3O3. The topological polar surface area (TPSA) is 84.2 Å². The van der Waals surface area contributed by atoms with Gasteiger partial charge in [-0.1, -0.05) is 0 Å². The first-order valence-electron chi connectivity index (χ1n) is 9.04. The molecule has 1 amide bonds. The van der Waals surface area contributed by atoms with Crippen molar-refractivity contribution in [1.29, 1.82) is 0 Å². The summed E-state index contributed by atoms with van der Waals surface area (Å²) in [6.45, 7) is 1.23. The van der Waals surface area contributed by atoms with Crippen LogP contribution in [0, 0.1) is 23.2 Å². The van der Waals surface area contributed by atoms with Gasteiger partial charge in [0.25, 0.3) is 0 Å². The molecule has 4 aliphatic carbocycles. The van der Waals surface area contributed by atoms with E-state index in [1.807, 2.05) is 0 Å². The standard InChI is InChI=1S/C18H25N3O3/c22-16(1-2-21-10-15(9-20-21)17(23)24)19-11-18-6-12-3-13(7-18)5-14(4-12)8-18/h9-10,12-14H,1-8,11H2,(H,19,22)(H,23,24). The molecule has 1 heterocycles. The van der Waals surface area contributed by atoms with Gasteiger partial charge in [-0.25, -0.2) is 4.79 Å². The summed E-state index contributed by atoms with van der Waals surface area (Å²) in [4.78, 5) is 23.0. The SMILES string of the molecule is O=C(CCn1cc(C(=O)O)cn1)NCC12CC3CC(CC(C3)C1)C2. The van der Waals surface area contributed by atoms with E-state index in [0.717, 1.165) is 24.3 Å². The molecule has 0 radical (unpaired) electrons. The lowest BCUT2D eigenvalue weighted by atomic mass is 9.49. The van der Waals surface area contributed by atoms with Gasteiger partial charge in [-0.2, -0.15) is 5.10 Å². The number of amides is 1. The van der Waals surface area contributed by atoms with Gasteiger partial charge < -0.3 is 10.4 Å². The van der Waals surface area contributed by atoms with E-state index in [-0.39, 0.29) is 11.5 Å². The fraction of sp³-hybridized carbons (Fsp3) is 0.722. The predicted molar refractivity (Wildman–Crippen MR) is 87.4 cm³/mol. The van der Waals surface area contributed by atoms with Crippen molar-refractivity contribution < 1.29 is 14.7 Å². The molecule has 6 heteroatoms. The predicted octanol–water partition coefficient (Wildman–Crippen LogP) is 2.30. The van der Waals surface area contributed by atoms with Gasteiger partial charge in [0.2, 0.25) is 5.91 Å². The second-order valence-electron chi connectivity index (χ2n) is 8.24. The van der Waals surface area contributed by atoms with E-state index in [1.54, 1.807) is 0 Å². The van der Waals surface area contributed by atoms with E-state index >= 15 is 0 Å². The summed E-state index contributed by atoms with van der Waals surface area (Å²) < 4.78 is 1.52. The van der Waals surface area contributed by atoms with Crippen molar-refractivity contribution in [2.75, 3.05) is 6.54 Å². The molecule has 6 nitrogen and oxygen atoms in total. The zero-order valence-corrected chi connectivity index (χ0v) is 13.9. The van der Waals surface area contributed by atoms with Gasteiger partial charge in [0.05, 0.1) is 11.8 Å². The smallest absolute Gasteiger partial charge is 0.338 e. The second-order valence-corrected chi connectivity index (χ2v) is 8.24. The molecule has 0 saturated heterocycles. The van der Waals surface area contributed by atoms with Gasteiger partial charge in [0, 0.05) is 25.7 Å². The Kier molecular flexibility index (Phi) is 3.85. The molecule has 0 unspecified atom stereocenters. The van der Waals surface area contributed by atoms with Crippen LogP contribution in [-0.2, 0) is 11.3 Å². The highest BCUT2D eigenvalue weighted by molar-refractivity contribution is 5.86. The number of carboxylic acid groups (broad SMARTS) is 1. The molecule has 0 atom stereocenters. The fourth-order valence-corrected chi connectivity index (χ4v) is 5.69. The highest BCUT2D eigenvalue weighted by Crippen LogP contribution is 2.59. The Morgan fingerprint density at radius 2 is 1.83 bits per heavy atom. The second kappa shape index (κ2) is 5.90. The molecule has 4 saturated carbocycles. The number of aromatic nitrogens is 2. The summed E-state index contributed by atoms with van der Waals surface area (Å²) in [5, 5.41) is 16.0. The summed E-state index contributed by atoms with van der Waals surface area (Å²) in [5.74, 6) is 1.73. The third kappa shape index (κ3) is 3.06. The third-order valence-corrected chi connectivity index (χ3v) is 6.27. The van der Waals surface area contributed by atoms with Gasteiger partial charge in [-0.05, 0) is 61.7 Å². The number of hydrogen-bond acceptors (Lipinski definition) is 3. The first kappa shape index (κ1) is 15.7. The maximum atomic E-state index is 12.2. The van der Waals surface area contributed by atoms with E-state index in [1.165, 1.54) is 55.6 Å². The van der Waals surface area contributed by atoms with Gasteiger partial charge in [0.1, 0.15) is 0 Å². The van der Waals surface area contributed by atoms with Crippen molar-refractivity contribution in [1.82, 2.24) is 15.1 Å². The van der Waals surface area contributed by atoms with E-state index in [4.69, 9.17) is 5.11 Å². The number of nitrogens with zero attached hydrogens (tertiary/aromatic N) is 2. The average molecular weight is 331 g/mol. The molecule has 4 aliphatic rings. The Balaban J connectivity index is 1.27. The Morgan fingerprint density at radius 3 is 2.38 bits per heavy atom. The van der Waals surface area contributed by atoms with Crippen molar-refractivity contribution in [3.05, 3.63) is 18.0 Å². The lowest BCUT2D eigenvalue weighted by Crippen LogP contribution is -2.51. The summed E-state index contributed by atoms with van der Waals surface area (Å²) in [6.07, 6.45) is 11.2. The van der Waals surface area contributed by atoms with Crippen LogP contribution < -0.4 is 5.32 Å². The summed E-state index contributed by atoms with van der Waals surface area (Å²) >= 11 is 0. The molecule has 0 spiro atoms. The molecule has 4 fully saturated rings. The number of aryl methyl sites for hydroxylation is 1. The minimum atomic E-state index is -0.993. The molecule has 130 valence electrons. The summed E-state index contributed by atoms with van der Waals surface area (Å²) in [5.41, 5.74) is 0.510. The van der Waals surface area contributed by atoms with E-state index in [9.17, 15) is 9.59 Å². The third-order valence-electron chi connectivity index (χ3n) is 6.27. The number of aromatic carboxylic acids is 1. The van der Waals surface area contributed by atoms with Crippen LogP contribution in [0.25, 0.3) is 0 Å². The van der Waals surface area contributed by atoms with E-state index in [2.05, 4.69) is 10.4 Å². The maximum absolute atomic E-state index is 12.2. The van der Waals surface area contributed by atoms with Gasteiger partial charge in [-0.3, -0.25) is 9.48 Å². The van der Waals surface area contributed by atoms with Crippen LogP contribution in [0.2, 0.25) is 0 Å². The molecule has 1 aromatic heterocycles. The lowest BCUT2D eigenvalue weighted by Gasteiger charge is -2.56. The maximum Gasteiger partial charge on any atom is 0.338 e. The van der Waals surface area contributed by atoms with Crippen molar-refractivity contribution in [3.8, 4) is 0 Å². The number of rotatable bonds is 6. The Morgan fingerprint density at radius 1 is 1.21 bits per heavy atom. The minimum Gasteiger partial charge on any atom is -0.478 e. The molecule has 0 aromatic carbocycles. The van der Waals surface area contributed by atoms with Crippen LogP contribution in [0.1, 0.15) is 55.3 Å². The number of carboxylic acids is 1. The van der Waals surface area contributed by atoms with Crippen molar-refractivity contribution in [2.24, 2.45) is 23.2 Å². The first-order chi connectivity index (χ1) is 11.5. The number of carbonyl (C=O) groups is 2. The summed E-state index contributed by atoms with van der Waals surface area (Å²) in [7, 11) is 0. The molecule has 0 aliphatic heterocycles. The van der Waals surface area contributed by atoms with E-state index < -0.39 is 5.97 Å². The van der Waals surface area contributed by atoms with Crippen molar-refractivity contribution in [3.63, 3.8) is 0 Å². The highest BCUT2D eigenvalue weighted by atomic mass is 16.4. The highest BCUT2D eigenvalue weighted by Gasteiger charge is 2.50. The Bertz CT molecular complexity index is 616. The van der Waals surface area contributed by atoms with Crippen LogP contribution in [0.3, 0.4) is 0 Å². The average Bonchev–Trinajstić information content (AvgIpc) is 2.99. The fourth-order valence-electron chi connectivity index (χ4n) is 5.69. The quantitative estimate of drug-likeness (QED) is 0.838. The molecule has 2 N–H and O–H groups in total. The Hall–Kier alpha value is -1.85. The van der Waals surface area contributed by atoms with Crippen LogP contribution in [0.15, 0.2) is 12.4 Å². The van der Waals surface area contributed by atoms with Gasteiger partial charge in [-0.15, -0.1) is 0 Å². The normalized spacial score (nSPS) is 33.6. The van der Waals surface area contributed by atoms with Crippen LogP contribution in [-0.4, -0.2) is 33.3 Å². The van der Waals surface area contributed by atoms with Gasteiger partial charge >= 0.3 is 5.97 Å². The first-order valence-corrected chi connectivity index (χ1v) is 9.04. The molecule has 24 heavy (non-hydrogen) atoms. The van der Waals surface area contributed by atoms with E-state index in [0.29, 0.717) is 18.4 Å². The zero-order valence-electron chi connectivity index (χ0n) is 13.9. The molecule has 5 rings (SSSR count).